The summed E-state index contributed by atoms with van der Waals surface area (Å²) in [5.41, 5.74) is -1.57. The molecule has 0 radical (unpaired) electrons. The number of carbonyl (C=O) groups is 1. The van der Waals surface area contributed by atoms with Crippen LogP contribution >= 0.6 is 11.6 Å². The number of phenolic OH excluding ortho intramolecular Hbond substituents is 1. The lowest BCUT2D eigenvalue weighted by Gasteiger charge is -2.34. The van der Waals surface area contributed by atoms with Crippen molar-refractivity contribution in [1.29, 1.82) is 0 Å². The average Bonchev–Trinajstić information content (AvgIpc) is 2.38. The van der Waals surface area contributed by atoms with Gasteiger partial charge in [-0.3, -0.25) is 4.79 Å². The molecule has 0 bridgehead atoms. The quantitative estimate of drug-likeness (QED) is 0.688. The highest BCUT2D eigenvalue weighted by Gasteiger charge is 2.31. The molecule has 1 N–H and O–H groups in total. The van der Waals surface area contributed by atoms with Gasteiger partial charge in [0, 0.05) is 12.9 Å². The van der Waals surface area contributed by atoms with E-state index in [2.05, 4.69) is 0 Å². The van der Waals surface area contributed by atoms with Gasteiger partial charge in [-0.05, 0) is 19.9 Å². The second kappa shape index (κ2) is 5.28. The highest BCUT2D eigenvalue weighted by molar-refractivity contribution is 6.18. The minimum Gasteiger partial charge on any atom is -0.503 e. The maximum atomic E-state index is 13.6. The predicted molar refractivity (Wildman–Crippen MR) is 64.9 cm³/mol. The van der Waals surface area contributed by atoms with E-state index in [9.17, 15) is 18.0 Å². The van der Waals surface area contributed by atoms with Crippen molar-refractivity contribution in [3.05, 3.63) is 29.1 Å². The first-order chi connectivity index (χ1) is 8.63. The molecule has 0 heterocycles. The molecule has 0 saturated carbocycles. The molecule has 1 aromatic carbocycles. The average molecular weight is 296 g/mol. The van der Waals surface area contributed by atoms with Gasteiger partial charge in [0.05, 0.1) is 11.1 Å². The lowest BCUT2D eigenvalue weighted by Crippen LogP contribution is -2.46. The van der Waals surface area contributed by atoms with E-state index in [1.54, 1.807) is 13.8 Å². The molecule has 0 saturated heterocycles. The maximum Gasteiger partial charge on any atom is 0.257 e. The first-order valence-electron chi connectivity index (χ1n) is 5.34. The molecular formula is C12H13ClF3NO2. The predicted octanol–water partition coefficient (Wildman–Crippen LogP) is 2.90. The van der Waals surface area contributed by atoms with Gasteiger partial charge in [0.2, 0.25) is 5.82 Å². The van der Waals surface area contributed by atoms with Crippen LogP contribution in [0.15, 0.2) is 6.07 Å². The van der Waals surface area contributed by atoms with Crippen LogP contribution in [0, 0.1) is 17.5 Å². The van der Waals surface area contributed by atoms with Crippen molar-refractivity contribution in [2.24, 2.45) is 0 Å². The largest absolute Gasteiger partial charge is 0.503 e. The SMILES string of the molecule is CN(C(=O)c1cc(F)c(F)c(O)c1F)C(C)(C)CCl. The van der Waals surface area contributed by atoms with E-state index >= 15 is 0 Å². The maximum absolute atomic E-state index is 13.6. The Morgan fingerprint density at radius 3 is 2.37 bits per heavy atom. The molecule has 1 rings (SSSR count). The van der Waals surface area contributed by atoms with Crippen LogP contribution in [0.3, 0.4) is 0 Å². The summed E-state index contributed by atoms with van der Waals surface area (Å²) in [6.07, 6.45) is 0. The second-order valence-electron chi connectivity index (χ2n) is 4.69. The van der Waals surface area contributed by atoms with Gasteiger partial charge in [-0.25, -0.2) is 8.78 Å². The monoisotopic (exact) mass is 295 g/mol. The number of hydrogen-bond donors (Lipinski definition) is 1. The molecule has 1 amide bonds. The number of benzene rings is 1. The lowest BCUT2D eigenvalue weighted by molar-refractivity contribution is 0.0653. The van der Waals surface area contributed by atoms with Crippen LogP contribution in [0.1, 0.15) is 24.2 Å². The molecule has 0 aliphatic rings. The summed E-state index contributed by atoms with van der Waals surface area (Å²) in [5.74, 6) is -7.08. The number of amides is 1. The molecule has 0 unspecified atom stereocenters. The fourth-order valence-electron chi connectivity index (χ4n) is 1.29. The minimum absolute atomic E-state index is 0.0620. The summed E-state index contributed by atoms with van der Waals surface area (Å²) < 4.78 is 39.7. The summed E-state index contributed by atoms with van der Waals surface area (Å²) in [4.78, 5) is 13.1. The van der Waals surface area contributed by atoms with Crippen molar-refractivity contribution in [3.8, 4) is 5.75 Å². The van der Waals surface area contributed by atoms with E-state index in [4.69, 9.17) is 16.7 Å². The van der Waals surface area contributed by atoms with Gasteiger partial charge in [-0.1, -0.05) is 0 Å². The highest BCUT2D eigenvalue weighted by atomic mass is 35.5. The molecule has 0 spiro atoms. The molecule has 106 valence electrons. The van der Waals surface area contributed by atoms with Crippen LogP contribution < -0.4 is 0 Å². The number of alkyl halides is 1. The molecule has 0 aromatic heterocycles. The zero-order chi connectivity index (χ0) is 15.0. The van der Waals surface area contributed by atoms with E-state index in [0.29, 0.717) is 6.07 Å². The molecule has 0 aliphatic heterocycles. The summed E-state index contributed by atoms with van der Waals surface area (Å²) in [7, 11) is 1.35. The van der Waals surface area contributed by atoms with E-state index in [1.807, 2.05) is 0 Å². The van der Waals surface area contributed by atoms with Gasteiger partial charge in [0.1, 0.15) is 0 Å². The number of aromatic hydroxyl groups is 1. The molecular weight excluding hydrogens is 283 g/mol. The van der Waals surface area contributed by atoms with Crippen LogP contribution in [0.5, 0.6) is 5.75 Å². The number of rotatable bonds is 3. The van der Waals surface area contributed by atoms with Crippen LogP contribution in [0.25, 0.3) is 0 Å². The Morgan fingerprint density at radius 2 is 1.89 bits per heavy atom. The van der Waals surface area contributed by atoms with E-state index in [0.717, 1.165) is 4.90 Å². The van der Waals surface area contributed by atoms with Crippen molar-refractivity contribution in [1.82, 2.24) is 4.90 Å². The van der Waals surface area contributed by atoms with Crippen LogP contribution in [0.4, 0.5) is 13.2 Å². The Labute approximate surface area is 113 Å². The number of phenols is 1. The van der Waals surface area contributed by atoms with Crippen molar-refractivity contribution in [2.75, 3.05) is 12.9 Å². The lowest BCUT2D eigenvalue weighted by atomic mass is 10.0. The van der Waals surface area contributed by atoms with Crippen LogP contribution in [0.2, 0.25) is 0 Å². The molecule has 0 fully saturated rings. The third-order valence-electron chi connectivity index (χ3n) is 2.90. The van der Waals surface area contributed by atoms with Crippen molar-refractivity contribution < 1.29 is 23.1 Å². The van der Waals surface area contributed by atoms with E-state index in [-0.39, 0.29) is 5.88 Å². The molecule has 1 aromatic rings. The fourth-order valence-corrected chi connectivity index (χ4v) is 1.47. The summed E-state index contributed by atoms with van der Waals surface area (Å²) in [5, 5.41) is 9.07. The summed E-state index contributed by atoms with van der Waals surface area (Å²) >= 11 is 5.68. The summed E-state index contributed by atoms with van der Waals surface area (Å²) in [6, 6.07) is 0.410. The number of nitrogens with zero attached hydrogens (tertiary/aromatic N) is 1. The highest BCUT2D eigenvalue weighted by Crippen LogP contribution is 2.28. The molecule has 7 heteroatoms. The first kappa shape index (κ1) is 15.6. The van der Waals surface area contributed by atoms with E-state index in [1.165, 1.54) is 7.05 Å². The topological polar surface area (TPSA) is 40.5 Å². The van der Waals surface area contributed by atoms with Crippen molar-refractivity contribution in [2.45, 2.75) is 19.4 Å². The van der Waals surface area contributed by atoms with Gasteiger partial charge in [-0.2, -0.15) is 4.39 Å². The molecule has 0 aliphatic carbocycles. The Bertz CT molecular complexity index is 520. The third-order valence-corrected chi connectivity index (χ3v) is 3.56. The fraction of sp³-hybridized carbons (Fsp3) is 0.417. The Hall–Kier alpha value is -1.43. The number of hydrogen-bond acceptors (Lipinski definition) is 2. The van der Waals surface area contributed by atoms with Gasteiger partial charge in [0.15, 0.2) is 17.4 Å². The smallest absolute Gasteiger partial charge is 0.257 e. The zero-order valence-electron chi connectivity index (χ0n) is 10.6. The van der Waals surface area contributed by atoms with Crippen LogP contribution in [-0.4, -0.2) is 34.4 Å². The van der Waals surface area contributed by atoms with Gasteiger partial charge in [-0.15, -0.1) is 11.6 Å². The Morgan fingerprint density at radius 1 is 1.37 bits per heavy atom. The minimum atomic E-state index is -1.73. The normalized spacial score (nSPS) is 11.5. The first-order valence-corrected chi connectivity index (χ1v) is 5.87. The van der Waals surface area contributed by atoms with Crippen molar-refractivity contribution in [3.63, 3.8) is 0 Å². The van der Waals surface area contributed by atoms with Crippen LogP contribution in [-0.2, 0) is 0 Å². The standard InChI is InChI=1S/C12H13ClF3NO2/c1-12(2,5-13)17(3)11(19)6-4-7(14)9(16)10(18)8(6)15/h4,18H,5H2,1-3H3. The number of carbonyl (C=O) groups excluding carboxylic acids is 1. The number of halogens is 4. The van der Waals surface area contributed by atoms with Gasteiger partial charge >= 0.3 is 0 Å². The third kappa shape index (κ3) is 2.78. The second-order valence-corrected chi connectivity index (χ2v) is 4.96. The summed E-state index contributed by atoms with van der Waals surface area (Å²) in [6.45, 7) is 3.24. The van der Waals surface area contributed by atoms with Gasteiger partial charge in [0.25, 0.3) is 5.91 Å². The Kier molecular flexibility index (Phi) is 4.35. The molecule has 3 nitrogen and oxygen atoms in total. The molecule has 19 heavy (non-hydrogen) atoms. The van der Waals surface area contributed by atoms with Gasteiger partial charge < -0.3 is 10.0 Å². The zero-order valence-corrected chi connectivity index (χ0v) is 11.4. The van der Waals surface area contributed by atoms with E-state index < -0.39 is 40.2 Å². The molecule has 0 atom stereocenters. The van der Waals surface area contributed by atoms with Crippen molar-refractivity contribution >= 4 is 17.5 Å². The Balaban J connectivity index is 3.29.